The fraction of sp³-hybridized carbons (Fsp3) is 0.217. The van der Waals surface area contributed by atoms with Gasteiger partial charge in [0, 0.05) is 23.3 Å². The van der Waals surface area contributed by atoms with Crippen molar-refractivity contribution in [3.63, 3.8) is 0 Å². The molecule has 7 nitrogen and oxygen atoms in total. The number of hydrogen-bond acceptors (Lipinski definition) is 4. The Balaban J connectivity index is 1.28. The van der Waals surface area contributed by atoms with Gasteiger partial charge in [-0.25, -0.2) is 0 Å². The second kappa shape index (κ2) is 9.28. The SMILES string of the molecule is COc1ccc2[nH]cc(CC(=O)Nc3cnn(CCOCc4ccccc4)c3)c2c1. The van der Waals surface area contributed by atoms with Crippen molar-refractivity contribution in [1.82, 2.24) is 14.8 Å². The number of methoxy groups -OCH3 is 1. The van der Waals surface area contributed by atoms with Crippen molar-refractivity contribution < 1.29 is 14.3 Å². The number of H-pyrrole nitrogens is 1. The van der Waals surface area contributed by atoms with Crippen LogP contribution in [-0.2, 0) is 29.1 Å². The van der Waals surface area contributed by atoms with E-state index in [9.17, 15) is 4.79 Å². The van der Waals surface area contributed by atoms with Gasteiger partial charge in [0.15, 0.2) is 0 Å². The maximum atomic E-state index is 12.5. The number of fused-ring (bicyclic) bond motifs is 1. The van der Waals surface area contributed by atoms with Gasteiger partial charge < -0.3 is 19.8 Å². The number of anilines is 1. The van der Waals surface area contributed by atoms with Crippen LogP contribution in [0.1, 0.15) is 11.1 Å². The lowest BCUT2D eigenvalue weighted by Gasteiger charge is -2.05. The highest BCUT2D eigenvalue weighted by Crippen LogP contribution is 2.24. The molecule has 4 aromatic rings. The number of hydrogen-bond donors (Lipinski definition) is 2. The van der Waals surface area contributed by atoms with Crippen LogP contribution in [0.25, 0.3) is 10.9 Å². The van der Waals surface area contributed by atoms with Gasteiger partial charge in [0.05, 0.1) is 45.2 Å². The molecule has 0 aliphatic carbocycles. The van der Waals surface area contributed by atoms with Crippen LogP contribution in [0, 0.1) is 0 Å². The Labute approximate surface area is 174 Å². The third-order valence-corrected chi connectivity index (χ3v) is 4.82. The van der Waals surface area contributed by atoms with Gasteiger partial charge in [0.1, 0.15) is 5.75 Å². The number of rotatable bonds is 9. The Morgan fingerprint density at radius 2 is 2.07 bits per heavy atom. The van der Waals surface area contributed by atoms with Gasteiger partial charge in [-0.05, 0) is 29.3 Å². The van der Waals surface area contributed by atoms with Gasteiger partial charge in [-0.15, -0.1) is 0 Å². The summed E-state index contributed by atoms with van der Waals surface area (Å²) in [4.78, 5) is 15.7. The van der Waals surface area contributed by atoms with Gasteiger partial charge in [-0.3, -0.25) is 9.48 Å². The lowest BCUT2D eigenvalue weighted by molar-refractivity contribution is -0.115. The van der Waals surface area contributed by atoms with Crippen molar-refractivity contribution >= 4 is 22.5 Å². The Bertz CT molecular complexity index is 1120. The Morgan fingerprint density at radius 1 is 1.20 bits per heavy atom. The van der Waals surface area contributed by atoms with E-state index >= 15 is 0 Å². The molecule has 2 aromatic heterocycles. The summed E-state index contributed by atoms with van der Waals surface area (Å²) in [7, 11) is 1.63. The van der Waals surface area contributed by atoms with E-state index in [0.29, 0.717) is 25.4 Å². The zero-order valence-corrected chi connectivity index (χ0v) is 16.8. The lowest BCUT2D eigenvalue weighted by atomic mass is 10.1. The second-order valence-corrected chi connectivity index (χ2v) is 6.98. The quantitative estimate of drug-likeness (QED) is 0.416. The third kappa shape index (κ3) is 4.87. The predicted molar refractivity (Wildman–Crippen MR) is 116 cm³/mol. The minimum absolute atomic E-state index is 0.0985. The van der Waals surface area contributed by atoms with Crippen LogP contribution in [-0.4, -0.2) is 34.4 Å². The summed E-state index contributed by atoms with van der Waals surface area (Å²) in [6.45, 7) is 1.73. The van der Waals surface area contributed by atoms with E-state index in [1.807, 2.05) is 60.9 Å². The molecule has 0 aliphatic rings. The minimum atomic E-state index is -0.0985. The molecule has 0 spiro atoms. The Kier molecular flexibility index (Phi) is 6.10. The molecule has 2 N–H and O–H groups in total. The summed E-state index contributed by atoms with van der Waals surface area (Å²) in [5.74, 6) is 0.665. The molecule has 2 heterocycles. The number of nitrogens with zero attached hydrogens (tertiary/aromatic N) is 2. The molecule has 0 bridgehead atoms. The summed E-state index contributed by atoms with van der Waals surface area (Å²) < 4.78 is 12.7. The van der Waals surface area contributed by atoms with E-state index in [1.165, 1.54) is 0 Å². The normalized spacial score (nSPS) is 11.0. The standard InChI is InChI=1S/C23H24N4O3/c1-29-20-7-8-22-21(12-20)18(13-24-22)11-23(28)26-19-14-25-27(15-19)9-10-30-16-17-5-3-2-4-6-17/h2-8,12-15,24H,9-11,16H2,1H3,(H,26,28). The molecule has 154 valence electrons. The smallest absolute Gasteiger partial charge is 0.228 e. The maximum Gasteiger partial charge on any atom is 0.228 e. The van der Waals surface area contributed by atoms with E-state index in [2.05, 4.69) is 15.4 Å². The number of ether oxygens (including phenoxy) is 2. The van der Waals surface area contributed by atoms with Crippen LogP contribution in [0.3, 0.4) is 0 Å². The highest BCUT2D eigenvalue weighted by molar-refractivity contribution is 5.95. The number of carbonyl (C=O) groups excluding carboxylic acids is 1. The molecule has 1 amide bonds. The topological polar surface area (TPSA) is 81.2 Å². The largest absolute Gasteiger partial charge is 0.497 e. The lowest BCUT2D eigenvalue weighted by Crippen LogP contribution is -2.13. The van der Waals surface area contributed by atoms with Crippen molar-refractivity contribution in [3.8, 4) is 5.75 Å². The van der Waals surface area contributed by atoms with Crippen LogP contribution in [0.2, 0.25) is 0 Å². The average Bonchev–Trinajstić information content (AvgIpc) is 3.38. The number of benzene rings is 2. The van der Waals surface area contributed by atoms with Crippen LogP contribution in [0.5, 0.6) is 5.75 Å². The Hall–Kier alpha value is -3.58. The summed E-state index contributed by atoms with van der Waals surface area (Å²) in [5.41, 5.74) is 3.70. The van der Waals surface area contributed by atoms with Gasteiger partial charge in [0.25, 0.3) is 0 Å². The first-order valence-electron chi connectivity index (χ1n) is 9.79. The van der Waals surface area contributed by atoms with E-state index in [4.69, 9.17) is 9.47 Å². The van der Waals surface area contributed by atoms with Crippen LogP contribution >= 0.6 is 0 Å². The number of nitrogens with one attached hydrogen (secondary N) is 2. The van der Waals surface area contributed by atoms with E-state index in [-0.39, 0.29) is 12.3 Å². The Morgan fingerprint density at radius 3 is 2.90 bits per heavy atom. The van der Waals surface area contributed by atoms with E-state index < -0.39 is 0 Å². The number of aromatic nitrogens is 3. The minimum Gasteiger partial charge on any atom is -0.497 e. The van der Waals surface area contributed by atoms with E-state index in [1.54, 1.807) is 18.0 Å². The first-order chi connectivity index (χ1) is 14.7. The molecule has 0 radical (unpaired) electrons. The third-order valence-electron chi connectivity index (χ3n) is 4.82. The number of amides is 1. The summed E-state index contributed by atoms with van der Waals surface area (Å²) in [5, 5.41) is 8.17. The molecule has 0 saturated heterocycles. The predicted octanol–water partition coefficient (Wildman–Crippen LogP) is 3.77. The monoisotopic (exact) mass is 404 g/mol. The van der Waals surface area contributed by atoms with Gasteiger partial charge in [0.2, 0.25) is 5.91 Å². The molecule has 0 atom stereocenters. The van der Waals surface area contributed by atoms with Crippen molar-refractivity contribution in [2.75, 3.05) is 19.0 Å². The molecular formula is C23H24N4O3. The second-order valence-electron chi connectivity index (χ2n) is 6.98. The first-order valence-corrected chi connectivity index (χ1v) is 9.79. The summed E-state index contributed by atoms with van der Waals surface area (Å²) >= 11 is 0. The molecule has 0 saturated carbocycles. The summed E-state index contributed by atoms with van der Waals surface area (Å²) in [6, 6.07) is 15.8. The fourth-order valence-corrected chi connectivity index (χ4v) is 3.28. The van der Waals surface area contributed by atoms with E-state index in [0.717, 1.165) is 27.8 Å². The zero-order chi connectivity index (χ0) is 20.8. The molecule has 7 heteroatoms. The van der Waals surface area contributed by atoms with Crippen LogP contribution < -0.4 is 10.1 Å². The zero-order valence-electron chi connectivity index (χ0n) is 16.8. The molecule has 0 fully saturated rings. The van der Waals surface area contributed by atoms with Crippen molar-refractivity contribution in [3.05, 3.63) is 78.2 Å². The van der Waals surface area contributed by atoms with Gasteiger partial charge >= 0.3 is 0 Å². The van der Waals surface area contributed by atoms with Gasteiger partial charge in [-0.1, -0.05) is 30.3 Å². The van der Waals surface area contributed by atoms with Crippen molar-refractivity contribution in [1.29, 1.82) is 0 Å². The molecule has 30 heavy (non-hydrogen) atoms. The van der Waals surface area contributed by atoms with Crippen molar-refractivity contribution in [2.45, 2.75) is 19.6 Å². The summed E-state index contributed by atoms with van der Waals surface area (Å²) in [6.07, 6.45) is 5.57. The highest BCUT2D eigenvalue weighted by atomic mass is 16.5. The first kappa shape index (κ1) is 19.7. The van der Waals surface area contributed by atoms with Crippen LogP contribution in [0.4, 0.5) is 5.69 Å². The fourth-order valence-electron chi connectivity index (χ4n) is 3.28. The average molecular weight is 404 g/mol. The molecule has 4 rings (SSSR count). The molecular weight excluding hydrogens is 380 g/mol. The van der Waals surface area contributed by atoms with Crippen LogP contribution in [0.15, 0.2) is 67.1 Å². The number of carbonyl (C=O) groups is 1. The number of aromatic amines is 1. The molecule has 0 unspecified atom stereocenters. The molecule has 0 aliphatic heterocycles. The van der Waals surface area contributed by atoms with Gasteiger partial charge in [-0.2, -0.15) is 5.10 Å². The molecule has 2 aromatic carbocycles. The van der Waals surface area contributed by atoms with Crippen molar-refractivity contribution in [2.24, 2.45) is 0 Å². The highest BCUT2D eigenvalue weighted by Gasteiger charge is 2.11. The maximum absolute atomic E-state index is 12.5.